The molecule has 88 valence electrons. The molecular weight excluding hydrogens is 209 g/mol. The quantitative estimate of drug-likeness (QED) is 0.819. The van der Waals surface area contributed by atoms with Crippen LogP contribution in [-0.4, -0.2) is 17.6 Å². The van der Waals surface area contributed by atoms with Gasteiger partial charge in [0.15, 0.2) is 0 Å². The van der Waals surface area contributed by atoms with Gasteiger partial charge in [-0.05, 0) is 37.1 Å². The van der Waals surface area contributed by atoms with Gasteiger partial charge < -0.3 is 10.4 Å². The van der Waals surface area contributed by atoms with Crippen LogP contribution in [0.3, 0.4) is 0 Å². The van der Waals surface area contributed by atoms with E-state index in [0.717, 1.165) is 11.1 Å². The zero-order valence-corrected chi connectivity index (χ0v) is 9.46. The van der Waals surface area contributed by atoms with Gasteiger partial charge in [-0.2, -0.15) is 0 Å². The second-order valence-electron chi connectivity index (χ2n) is 3.82. The van der Waals surface area contributed by atoms with E-state index in [2.05, 4.69) is 5.32 Å². The molecule has 0 fully saturated rings. The van der Waals surface area contributed by atoms with Crippen LogP contribution in [0.25, 0.3) is 0 Å². The molecule has 1 amide bonds. The fourth-order valence-electron chi connectivity index (χ4n) is 1.51. The van der Waals surface area contributed by atoms with Crippen LogP contribution in [0.15, 0.2) is 18.2 Å². The van der Waals surface area contributed by atoms with Crippen LogP contribution in [-0.2, 0) is 4.79 Å². The van der Waals surface area contributed by atoms with E-state index in [1.165, 1.54) is 12.1 Å². The molecule has 0 aromatic heterocycles. The molecule has 0 saturated heterocycles. The van der Waals surface area contributed by atoms with E-state index in [4.69, 9.17) is 5.11 Å². The number of rotatable bonds is 4. The summed E-state index contributed by atoms with van der Waals surface area (Å²) >= 11 is 0. The van der Waals surface area contributed by atoms with Crippen molar-refractivity contribution in [2.45, 2.75) is 26.3 Å². The Balaban J connectivity index is 2.72. The third-order valence-corrected chi connectivity index (χ3v) is 2.28. The van der Waals surface area contributed by atoms with Crippen molar-refractivity contribution < 1.29 is 14.3 Å². The van der Waals surface area contributed by atoms with Crippen molar-refractivity contribution in [2.75, 3.05) is 6.61 Å². The smallest absolute Gasteiger partial charge is 0.222 e. The summed E-state index contributed by atoms with van der Waals surface area (Å²) in [5.74, 6) is -0.546. The fraction of sp³-hybridized carbons (Fsp3) is 0.417. The number of aryl methyl sites for hydroxylation is 1. The Morgan fingerprint density at radius 2 is 2.19 bits per heavy atom. The molecule has 0 spiro atoms. The number of aliphatic hydroxyl groups is 1. The highest BCUT2D eigenvalue weighted by molar-refractivity contribution is 5.76. The summed E-state index contributed by atoms with van der Waals surface area (Å²) in [5, 5.41) is 11.3. The van der Waals surface area contributed by atoms with Gasteiger partial charge in [0.05, 0.1) is 12.6 Å². The van der Waals surface area contributed by atoms with Gasteiger partial charge in [0.2, 0.25) is 5.91 Å². The number of carbonyl (C=O) groups excluding carboxylic acids is 1. The van der Waals surface area contributed by atoms with Crippen LogP contribution in [0.5, 0.6) is 0 Å². The largest absolute Gasteiger partial charge is 0.396 e. The molecule has 16 heavy (non-hydrogen) atoms. The summed E-state index contributed by atoms with van der Waals surface area (Å²) in [6.45, 7) is 3.40. The van der Waals surface area contributed by atoms with Gasteiger partial charge >= 0.3 is 0 Å². The number of benzene rings is 1. The molecule has 1 aromatic rings. The molecule has 0 heterocycles. The van der Waals surface area contributed by atoms with Crippen molar-refractivity contribution in [1.82, 2.24) is 5.32 Å². The van der Waals surface area contributed by atoms with Crippen molar-refractivity contribution in [3.63, 3.8) is 0 Å². The summed E-state index contributed by atoms with van der Waals surface area (Å²) in [4.78, 5) is 11.2. The van der Waals surface area contributed by atoms with Crippen molar-refractivity contribution in [3.05, 3.63) is 35.1 Å². The molecule has 1 atom stereocenters. The SMILES string of the molecule is Cc1cc(F)cc([C@@H](C)NC(=O)CCO)c1. The summed E-state index contributed by atoms with van der Waals surface area (Å²) in [6, 6.07) is 4.41. The number of amides is 1. The maximum absolute atomic E-state index is 13.1. The van der Waals surface area contributed by atoms with Gasteiger partial charge in [0.25, 0.3) is 0 Å². The Labute approximate surface area is 94.3 Å². The highest BCUT2D eigenvalue weighted by atomic mass is 19.1. The lowest BCUT2D eigenvalue weighted by Gasteiger charge is -2.14. The monoisotopic (exact) mass is 225 g/mol. The standard InChI is InChI=1S/C12H16FNO2/c1-8-5-10(7-11(13)6-8)9(2)14-12(16)3-4-15/h5-7,9,15H,3-4H2,1-2H3,(H,14,16)/t9-/m1/s1. The van der Waals surface area contributed by atoms with E-state index in [1.54, 1.807) is 13.8 Å². The summed E-state index contributed by atoms with van der Waals surface area (Å²) < 4.78 is 13.1. The van der Waals surface area contributed by atoms with E-state index < -0.39 is 0 Å². The van der Waals surface area contributed by atoms with Crippen LogP contribution < -0.4 is 5.32 Å². The lowest BCUT2D eigenvalue weighted by atomic mass is 10.1. The Bertz CT molecular complexity index is 359. The first-order valence-corrected chi connectivity index (χ1v) is 5.20. The van der Waals surface area contributed by atoms with Crippen molar-refractivity contribution in [2.24, 2.45) is 0 Å². The minimum Gasteiger partial charge on any atom is -0.396 e. The lowest BCUT2D eigenvalue weighted by Crippen LogP contribution is -2.27. The van der Waals surface area contributed by atoms with Crippen molar-refractivity contribution >= 4 is 5.91 Å². The molecule has 1 rings (SSSR count). The second-order valence-corrected chi connectivity index (χ2v) is 3.82. The highest BCUT2D eigenvalue weighted by Gasteiger charge is 2.10. The molecule has 0 aliphatic rings. The molecule has 0 saturated carbocycles. The number of carbonyl (C=O) groups is 1. The molecule has 0 unspecified atom stereocenters. The molecule has 4 heteroatoms. The summed E-state index contributed by atoms with van der Waals surface area (Å²) in [6.07, 6.45) is 0.0681. The van der Waals surface area contributed by atoms with Gasteiger partial charge in [-0.15, -0.1) is 0 Å². The molecule has 0 bridgehead atoms. The first-order valence-electron chi connectivity index (χ1n) is 5.20. The number of halogens is 1. The second kappa shape index (κ2) is 5.61. The Morgan fingerprint density at radius 1 is 1.50 bits per heavy atom. The normalized spacial score (nSPS) is 12.2. The zero-order valence-electron chi connectivity index (χ0n) is 9.46. The molecule has 3 nitrogen and oxygen atoms in total. The van der Waals surface area contributed by atoms with Gasteiger partial charge in [-0.3, -0.25) is 4.79 Å². The van der Waals surface area contributed by atoms with Crippen LogP contribution in [0, 0.1) is 12.7 Å². The average Bonchev–Trinajstić information content (AvgIpc) is 2.16. The molecule has 0 radical (unpaired) electrons. The Morgan fingerprint density at radius 3 is 2.75 bits per heavy atom. The third kappa shape index (κ3) is 3.62. The summed E-state index contributed by atoms with van der Waals surface area (Å²) in [7, 11) is 0. The average molecular weight is 225 g/mol. The van der Waals surface area contributed by atoms with E-state index in [1.807, 2.05) is 6.07 Å². The van der Waals surface area contributed by atoms with Crippen LogP contribution in [0.1, 0.15) is 30.5 Å². The minimum atomic E-state index is -0.307. The molecule has 1 aromatic carbocycles. The predicted molar refractivity (Wildman–Crippen MR) is 59.4 cm³/mol. The number of hydrogen-bond acceptors (Lipinski definition) is 2. The van der Waals surface area contributed by atoms with Gasteiger partial charge in [-0.1, -0.05) is 6.07 Å². The maximum Gasteiger partial charge on any atom is 0.222 e. The number of nitrogens with one attached hydrogen (secondary N) is 1. The lowest BCUT2D eigenvalue weighted by molar-refractivity contribution is -0.122. The van der Waals surface area contributed by atoms with E-state index in [-0.39, 0.29) is 30.8 Å². The first kappa shape index (κ1) is 12.6. The summed E-state index contributed by atoms with van der Waals surface area (Å²) in [5.41, 5.74) is 1.54. The molecular formula is C12H16FNO2. The fourth-order valence-corrected chi connectivity index (χ4v) is 1.51. The zero-order chi connectivity index (χ0) is 12.1. The van der Waals surface area contributed by atoms with E-state index in [9.17, 15) is 9.18 Å². The minimum absolute atomic E-state index is 0.0681. The van der Waals surface area contributed by atoms with E-state index >= 15 is 0 Å². The third-order valence-electron chi connectivity index (χ3n) is 2.28. The highest BCUT2D eigenvalue weighted by Crippen LogP contribution is 2.16. The first-order chi connectivity index (χ1) is 7.52. The van der Waals surface area contributed by atoms with Gasteiger partial charge in [0, 0.05) is 6.42 Å². The predicted octanol–water partition coefficient (Wildman–Crippen LogP) is 1.69. The van der Waals surface area contributed by atoms with Crippen molar-refractivity contribution in [3.8, 4) is 0 Å². The molecule has 0 aliphatic heterocycles. The van der Waals surface area contributed by atoms with Crippen LogP contribution in [0.2, 0.25) is 0 Å². The van der Waals surface area contributed by atoms with E-state index in [0.29, 0.717) is 0 Å². The topological polar surface area (TPSA) is 49.3 Å². The van der Waals surface area contributed by atoms with Gasteiger partial charge in [-0.25, -0.2) is 4.39 Å². The number of aliphatic hydroxyl groups excluding tert-OH is 1. The molecule has 2 N–H and O–H groups in total. The number of hydrogen-bond donors (Lipinski definition) is 2. The Hall–Kier alpha value is -1.42. The maximum atomic E-state index is 13.1. The van der Waals surface area contributed by atoms with Gasteiger partial charge in [0.1, 0.15) is 5.82 Å². The van der Waals surface area contributed by atoms with Crippen LogP contribution >= 0.6 is 0 Å². The Kier molecular flexibility index (Phi) is 4.43. The molecule has 0 aliphatic carbocycles. The van der Waals surface area contributed by atoms with Crippen molar-refractivity contribution in [1.29, 1.82) is 0 Å². The van der Waals surface area contributed by atoms with Crippen LogP contribution in [0.4, 0.5) is 4.39 Å².